The Morgan fingerprint density at radius 1 is 1.03 bits per heavy atom. The SMILES string of the molecule is CC(CCCC(=O)N[C@@H]1CCC[C@H](C(=O)O)C1)NC(=O)OCC1c2ccccc2-c2ccccc21. The molecule has 7 heteroatoms. The van der Waals surface area contributed by atoms with Crippen molar-refractivity contribution in [1.82, 2.24) is 10.6 Å². The molecular weight excluding hydrogens is 444 g/mol. The largest absolute Gasteiger partial charge is 0.481 e. The summed E-state index contributed by atoms with van der Waals surface area (Å²) in [6, 6.07) is 16.3. The fourth-order valence-corrected chi connectivity index (χ4v) is 5.33. The fourth-order valence-electron chi connectivity index (χ4n) is 5.33. The highest BCUT2D eigenvalue weighted by Crippen LogP contribution is 2.44. The minimum Gasteiger partial charge on any atom is -0.481 e. The van der Waals surface area contributed by atoms with Gasteiger partial charge in [0.25, 0.3) is 0 Å². The Morgan fingerprint density at radius 3 is 2.34 bits per heavy atom. The summed E-state index contributed by atoms with van der Waals surface area (Å²) < 4.78 is 5.59. The molecule has 2 aliphatic carbocycles. The van der Waals surface area contributed by atoms with Crippen LogP contribution in [0.1, 0.15) is 68.9 Å². The summed E-state index contributed by atoms with van der Waals surface area (Å²) in [4.78, 5) is 35.9. The van der Waals surface area contributed by atoms with Crippen LogP contribution in [0.2, 0.25) is 0 Å². The maximum Gasteiger partial charge on any atom is 0.407 e. The summed E-state index contributed by atoms with van der Waals surface area (Å²) in [6.45, 7) is 2.17. The lowest BCUT2D eigenvalue weighted by Gasteiger charge is -2.27. The molecule has 0 aliphatic heterocycles. The van der Waals surface area contributed by atoms with Crippen LogP contribution in [-0.4, -0.2) is 41.8 Å². The molecule has 3 atom stereocenters. The summed E-state index contributed by atoms with van der Waals surface area (Å²) in [5.41, 5.74) is 4.73. The highest BCUT2D eigenvalue weighted by molar-refractivity contribution is 5.79. The van der Waals surface area contributed by atoms with Crippen molar-refractivity contribution in [3.8, 4) is 11.1 Å². The summed E-state index contributed by atoms with van der Waals surface area (Å²) in [5, 5.41) is 15.0. The maximum absolute atomic E-state index is 12.4. The van der Waals surface area contributed by atoms with E-state index in [1.807, 2.05) is 31.2 Å². The van der Waals surface area contributed by atoms with Crippen LogP contribution in [0.25, 0.3) is 11.1 Å². The van der Waals surface area contributed by atoms with Gasteiger partial charge in [-0.15, -0.1) is 0 Å². The van der Waals surface area contributed by atoms with Gasteiger partial charge in [-0.1, -0.05) is 55.0 Å². The number of amides is 2. The van der Waals surface area contributed by atoms with Crippen molar-refractivity contribution in [3.63, 3.8) is 0 Å². The quantitative estimate of drug-likeness (QED) is 0.478. The topological polar surface area (TPSA) is 105 Å². The first-order chi connectivity index (χ1) is 16.9. The van der Waals surface area contributed by atoms with Crippen LogP contribution in [0, 0.1) is 5.92 Å². The van der Waals surface area contributed by atoms with Crippen molar-refractivity contribution in [1.29, 1.82) is 0 Å². The van der Waals surface area contributed by atoms with Gasteiger partial charge in [0.05, 0.1) is 5.92 Å². The molecular formula is C28H34N2O5. The molecule has 186 valence electrons. The van der Waals surface area contributed by atoms with Crippen molar-refractivity contribution >= 4 is 18.0 Å². The Bertz CT molecular complexity index is 1020. The molecule has 4 rings (SSSR count). The Balaban J connectivity index is 1.17. The predicted molar refractivity (Wildman–Crippen MR) is 133 cm³/mol. The molecule has 3 N–H and O–H groups in total. The number of ether oxygens (including phenoxy) is 1. The number of aliphatic carboxylic acids is 1. The smallest absolute Gasteiger partial charge is 0.407 e. The normalized spacial score (nSPS) is 19.8. The lowest BCUT2D eigenvalue weighted by atomic mass is 9.85. The van der Waals surface area contributed by atoms with Crippen LogP contribution < -0.4 is 10.6 Å². The van der Waals surface area contributed by atoms with Gasteiger partial charge in [0.15, 0.2) is 0 Å². The Labute approximate surface area is 206 Å². The van der Waals surface area contributed by atoms with Gasteiger partial charge < -0.3 is 20.5 Å². The number of rotatable bonds is 9. The lowest BCUT2D eigenvalue weighted by Crippen LogP contribution is -2.40. The third-order valence-electron chi connectivity index (χ3n) is 7.14. The number of carboxylic acid groups (broad SMARTS) is 1. The first-order valence-electron chi connectivity index (χ1n) is 12.6. The molecule has 35 heavy (non-hydrogen) atoms. The van der Waals surface area contributed by atoms with Gasteiger partial charge in [0, 0.05) is 24.4 Å². The average Bonchev–Trinajstić information content (AvgIpc) is 3.16. The summed E-state index contributed by atoms with van der Waals surface area (Å²) in [7, 11) is 0. The molecule has 1 unspecified atom stereocenters. The zero-order chi connectivity index (χ0) is 24.8. The summed E-state index contributed by atoms with van der Waals surface area (Å²) >= 11 is 0. The zero-order valence-electron chi connectivity index (χ0n) is 20.2. The van der Waals surface area contributed by atoms with E-state index in [2.05, 4.69) is 34.9 Å². The van der Waals surface area contributed by atoms with Crippen LogP contribution in [0.3, 0.4) is 0 Å². The van der Waals surface area contributed by atoms with Crippen molar-refractivity contribution in [2.24, 2.45) is 5.92 Å². The van der Waals surface area contributed by atoms with E-state index in [1.165, 1.54) is 22.3 Å². The van der Waals surface area contributed by atoms with Crippen LogP contribution >= 0.6 is 0 Å². The summed E-state index contributed by atoms with van der Waals surface area (Å²) in [6.07, 6.45) is 4.02. The number of nitrogens with one attached hydrogen (secondary N) is 2. The van der Waals surface area contributed by atoms with E-state index in [9.17, 15) is 19.5 Å². The molecule has 0 radical (unpaired) electrons. The molecule has 0 bridgehead atoms. The first-order valence-corrected chi connectivity index (χ1v) is 12.6. The van der Waals surface area contributed by atoms with Crippen molar-refractivity contribution in [2.75, 3.05) is 6.61 Å². The fraction of sp³-hybridized carbons (Fsp3) is 0.464. The van der Waals surface area contributed by atoms with Crippen molar-refractivity contribution in [3.05, 3.63) is 59.7 Å². The number of hydrogen-bond acceptors (Lipinski definition) is 4. The third-order valence-corrected chi connectivity index (χ3v) is 7.14. The second-order valence-corrected chi connectivity index (χ2v) is 9.73. The standard InChI is InChI=1S/C28H34N2O5/c1-18(8-6-15-26(31)30-20-10-7-9-19(16-20)27(32)33)29-28(34)35-17-25-23-13-4-2-11-21(23)22-12-3-5-14-24(22)25/h2-5,11-14,18-20,25H,6-10,15-17H2,1H3,(H,29,34)(H,30,31)(H,32,33)/t18?,19-,20+/m0/s1. The molecule has 0 heterocycles. The predicted octanol–water partition coefficient (Wildman–Crippen LogP) is 4.84. The molecule has 0 saturated heterocycles. The Hall–Kier alpha value is -3.35. The van der Waals surface area contributed by atoms with Gasteiger partial charge in [-0.2, -0.15) is 0 Å². The van der Waals surface area contributed by atoms with E-state index >= 15 is 0 Å². The Kier molecular flexibility index (Phi) is 8.06. The number of alkyl carbamates (subject to hydrolysis) is 1. The average molecular weight is 479 g/mol. The molecule has 0 aromatic heterocycles. The van der Waals surface area contributed by atoms with Crippen molar-refractivity contribution in [2.45, 2.75) is 69.9 Å². The number of fused-ring (bicyclic) bond motifs is 3. The first kappa shape index (κ1) is 24.8. The van der Waals surface area contributed by atoms with Gasteiger partial charge in [-0.05, 0) is 61.3 Å². The second-order valence-electron chi connectivity index (χ2n) is 9.73. The zero-order valence-corrected chi connectivity index (χ0v) is 20.2. The Morgan fingerprint density at radius 2 is 1.69 bits per heavy atom. The number of carboxylic acids is 1. The van der Waals surface area contributed by atoms with Crippen LogP contribution in [-0.2, 0) is 14.3 Å². The minimum atomic E-state index is -0.780. The van der Waals surface area contributed by atoms with E-state index < -0.39 is 12.1 Å². The van der Waals surface area contributed by atoms with Crippen LogP contribution in [0.5, 0.6) is 0 Å². The lowest BCUT2D eigenvalue weighted by molar-refractivity contribution is -0.143. The van der Waals surface area contributed by atoms with Crippen LogP contribution in [0.15, 0.2) is 48.5 Å². The number of carbonyl (C=O) groups is 3. The summed E-state index contributed by atoms with van der Waals surface area (Å²) in [5.74, 6) is -1.19. The van der Waals surface area contributed by atoms with Gasteiger partial charge in [0.2, 0.25) is 5.91 Å². The molecule has 1 fully saturated rings. The third kappa shape index (κ3) is 6.21. The monoisotopic (exact) mass is 478 g/mol. The van der Waals surface area contributed by atoms with Crippen molar-refractivity contribution < 1.29 is 24.2 Å². The molecule has 2 amide bonds. The van der Waals surface area contributed by atoms with E-state index in [-0.39, 0.29) is 36.4 Å². The number of hydrogen-bond donors (Lipinski definition) is 3. The van der Waals surface area contributed by atoms with E-state index in [0.717, 1.165) is 12.8 Å². The minimum absolute atomic E-state index is 0.0210. The van der Waals surface area contributed by atoms with E-state index in [1.54, 1.807) is 0 Å². The van der Waals surface area contributed by atoms with Gasteiger partial charge in [0.1, 0.15) is 6.61 Å². The number of carbonyl (C=O) groups excluding carboxylic acids is 2. The van der Waals surface area contributed by atoms with E-state index in [4.69, 9.17) is 4.74 Å². The molecule has 7 nitrogen and oxygen atoms in total. The number of benzene rings is 2. The van der Waals surface area contributed by atoms with E-state index in [0.29, 0.717) is 32.1 Å². The van der Waals surface area contributed by atoms with Crippen LogP contribution in [0.4, 0.5) is 4.79 Å². The van der Waals surface area contributed by atoms with Gasteiger partial charge >= 0.3 is 12.1 Å². The highest BCUT2D eigenvalue weighted by Gasteiger charge is 2.29. The molecule has 2 aromatic carbocycles. The molecule has 2 aliphatic rings. The molecule has 1 saturated carbocycles. The molecule has 0 spiro atoms. The second kappa shape index (κ2) is 11.4. The highest BCUT2D eigenvalue weighted by atomic mass is 16.5. The molecule has 2 aromatic rings. The van der Waals surface area contributed by atoms with Gasteiger partial charge in [-0.25, -0.2) is 4.79 Å². The maximum atomic E-state index is 12.4. The van der Waals surface area contributed by atoms with Gasteiger partial charge in [-0.3, -0.25) is 9.59 Å².